The molecule has 2 fully saturated rings. The van der Waals surface area contributed by atoms with Gasteiger partial charge in [0.25, 0.3) is 5.91 Å². The van der Waals surface area contributed by atoms with Gasteiger partial charge in [-0.3, -0.25) is 4.79 Å². The third kappa shape index (κ3) is 3.46. The van der Waals surface area contributed by atoms with Crippen molar-refractivity contribution in [3.63, 3.8) is 0 Å². The lowest BCUT2D eigenvalue weighted by Crippen LogP contribution is -2.42. The highest BCUT2D eigenvalue weighted by Gasteiger charge is 2.44. The monoisotopic (exact) mass is 395 g/mol. The van der Waals surface area contributed by atoms with Gasteiger partial charge in [-0.25, -0.2) is 4.39 Å². The van der Waals surface area contributed by atoms with E-state index in [1.807, 2.05) is 10.3 Å². The predicted octanol–water partition coefficient (Wildman–Crippen LogP) is 3.83. The Bertz CT molecular complexity index is 796. The lowest BCUT2D eigenvalue weighted by Gasteiger charge is -2.35. The first-order valence-corrected chi connectivity index (χ1v) is 9.89. The number of hydrogen-bond donors (Lipinski definition) is 1. The number of likely N-dealkylation sites (tertiary alicyclic amines) is 1. The van der Waals surface area contributed by atoms with Gasteiger partial charge in [0, 0.05) is 13.1 Å². The van der Waals surface area contributed by atoms with E-state index < -0.39 is 6.10 Å². The molecular formula is C19H19ClFNO3S. The van der Waals surface area contributed by atoms with Gasteiger partial charge in [-0.15, -0.1) is 11.3 Å². The minimum Gasteiger partial charge on any atom is -0.488 e. The van der Waals surface area contributed by atoms with Crippen LogP contribution < -0.4 is 4.74 Å². The number of benzene rings is 1. The maximum absolute atomic E-state index is 13.0. The molecular weight excluding hydrogens is 377 g/mol. The highest BCUT2D eigenvalue weighted by molar-refractivity contribution is 7.12. The molecule has 0 unspecified atom stereocenters. The summed E-state index contributed by atoms with van der Waals surface area (Å²) in [5.41, 5.74) is 0. The molecule has 1 saturated heterocycles. The smallest absolute Gasteiger partial charge is 0.265 e. The van der Waals surface area contributed by atoms with Crippen molar-refractivity contribution in [2.75, 3.05) is 13.1 Å². The fraction of sp³-hybridized carbons (Fsp3) is 0.421. The van der Waals surface area contributed by atoms with Crippen molar-refractivity contribution in [3.05, 3.63) is 51.4 Å². The van der Waals surface area contributed by atoms with E-state index >= 15 is 0 Å². The second-order valence-corrected chi connectivity index (χ2v) is 8.30. The molecule has 2 heterocycles. The third-order valence-corrected chi connectivity index (χ3v) is 6.61. The molecule has 7 heteroatoms. The molecule has 1 aromatic carbocycles. The highest BCUT2D eigenvalue weighted by Crippen LogP contribution is 2.39. The van der Waals surface area contributed by atoms with Crippen molar-refractivity contribution >= 4 is 28.8 Å². The molecule has 1 aromatic heterocycles. The zero-order chi connectivity index (χ0) is 18.3. The molecule has 4 rings (SSSR count). The molecule has 2 aromatic rings. The molecule has 138 valence electrons. The summed E-state index contributed by atoms with van der Waals surface area (Å²) >= 11 is 7.44. The second kappa shape index (κ2) is 7.18. The van der Waals surface area contributed by atoms with Gasteiger partial charge >= 0.3 is 0 Å². The van der Waals surface area contributed by atoms with Gasteiger partial charge in [0.2, 0.25) is 0 Å². The van der Waals surface area contributed by atoms with Gasteiger partial charge < -0.3 is 14.7 Å². The Morgan fingerprint density at radius 3 is 2.54 bits per heavy atom. The number of carbonyl (C=O) groups excluding carboxylic acids is 1. The Kier molecular flexibility index (Phi) is 4.90. The molecule has 0 radical (unpaired) electrons. The van der Waals surface area contributed by atoms with Crippen molar-refractivity contribution in [2.45, 2.75) is 25.0 Å². The molecule has 26 heavy (non-hydrogen) atoms. The van der Waals surface area contributed by atoms with E-state index in [2.05, 4.69) is 0 Å². The van der Waals surface area contributed by atoms with Gasteiger partial charge in [-0.1, -0.05) is 11.6 Å². The van der Waals surface area contributed by atoms with Gasteiger partial charge in [-0.05, 0) is 60.4 Å². The van der Waals surface area contributed by atoms with Crippen molar-refractivity contribution in [2.24, 2.45) is 11.8 Å². The molecule has 1 N–H and O–H groups in total. The topological polar surface area (TPSA) is 49.8 Å². The summed E-state index contributed by atoms with van der Waals surface area (Å²) in [6.45, 7) is 1.28. The molecule has 4 nitrogen and oxygen atoms in total. The minimum absolute atomic E-state index is 0.0371. The number of fused-ring (bicyclic) bond motifs is 1. The Balaban J connectivity index is 1.42. The van der Waals surface area contributed by atoms with Crippen LogP contribution in [0.15, 0.2) is 35.7 Å². The zero-order valence-electron chi connectivity index (χ0n) is 14.0. The first-order valence-electron chi connectivity index (χ1n) is 8.64. The van der Waals surface area contributed by atoms with Crippen LogP contribution in [0.4, 0.5) is 4.39 Å². The summed E-state index contributed by atoms with van der Waals surface area (Å²) in [7, 11) is 0. The van der Waals surface area contributed by atoms with E-state index in [4.69, 9.17) is 16.3 Å². The number of carbonyl (C=O) groups is 1. The maximum atomic E-state index is 13.0. The summed E-state index contributed by atoms with van der Waals surface area (Å²) < 4.78 is 18.9. The van der Waals surface area contributed by atoms with E-state index in [9.17, 15) is 14.3 Å². The molecule has 1 saturated carbocycles. The first-order chi connectivity index (χ1) is 12.5. The normalized spacial score (nSPS) is 28.0. The molecule has 4 atom stereocenters. The standard InChI is InChI=1S/C19H19ClFNO3S/c20-15-5-6-26-18(15)19(24)22-9-11-7-16(23)17(8-12(11)10-22)25-14-3-1-13(21)2-4-14/h1-6,11-12,16-17,23H,7-10H2/t11-,12+,16+,17+/m0/s1. The fourth-order valence-corrected chi connectivity index (χ4v) is 5.06. The fourth-order valence-electron chi connectivity index (χ4n) is 3.96. The van der Waals surface area contributed by atoms with E-state index in [-0.39, 0.29) is 29.7 Å². The summed E-state index contributed by atoms with van der Waals surface area (Å²) in [4.78, 5) is 15.1. The van der Waals surface area contributed by atoms with Gasteiger partial charge in [-0.2, -0.15) is 0 Å². The van der Waals surface area contributed by atoms with Crippen molar-refractivity contribution in [1.29, 1.82) is 0 Å². The SMILES string of the molecule is O=C(c1sccc1Cl)N1C[C@H]2C[C@@H](Oc3ccc(F)cc3)[C@H](O)C[C@H]2C1. The van der Waals surface area contributed by atoms with Crippen LogP contribution in [0, 0.1) is 17.7 Å². The van der Waals surface area contributed by atoms with Crippen molar-refractivity contribution < 1.29 is 19.0 Å². The van der Waals surface area contributed by atoms with Crippen LogP contribution in [0.25, 0.3) is 0 Å². The quantitative estimate of drug-likeness (QED) is 0.859. The van der Waals surface area contributed by atoms with Gasteiger partial charge in [0.05, 0.1) is 11.1 Å². The number of nitrogens with zero attached hydrogens (tertiary/aromatic N) is 1. The Morgan fingerprint density at radius 1 is 1.19 bits per heavy atom. The predicted molar refractivity (Wildman–Crippen MR) is 98.3 cm³/mol. The maximum Gasteiger partial charge on any atom is 0.265 e. The average Bonchev–Trinajstić information content (AvgIpc) is 3.22. The number of aliphatic hydroxyl groups excluding tert-OH is 1. The number of rotatable bonds is 3. The molecule has 2 aliphatic rings. The van der Waals surface area contributed by atoms with Crippen molar-refractivity contribution in [3.8, 4) is 5.75 Å². The molecule has 1 amide bonds. The van der Waals surface area contributed by atoms with Crippen LogP contribution in [0.1, 0.15) is 22.5 Å². The molecule has 1 aliphatic heterocycles. The summed E-state index contributed by atoms with van der Waals surface area (Å²) in [6, 6.07) is 7.55. The highest BCUT2D eigenvalue weighted by atomic mass is 35.5. The largest absolute Gasteiger partial charge is 0.488 e. The molecule has 0 spiro atoms. The van der Waals surface area contributed by atoms with Crippen LogP contribution >= 0.6 is 22.9 Å². The zero-order valence-corrected chi connectivity index (χ0v) is 15.5. The number of ether oxygens (including phenoxy) is 1. The number of aliphatic hydroxyl groups is 1. The van der Waals surface area contributed by atoms with Crippen LogP contribution in [0.2, 0.25) is 5.02 Å². The lowest BCUT2D eigenvalue weighted by atomic mass is 9.78. The van der Waals surface area contributed by atoms with Crippen LogP contribution in [-0.4, -0.2) is 41.2 Å². The van der Waals surface area contributed by atoms with Crippen LogP contribution in [0.3, 0.4) is 0 Å². The third-order valence-electron chi connectivity index (χ3n) is 5.28. The number of thiophene rings is 1. The Hall–Kier alpha value is -1.63. The van der Waals surface area contributed by atoms with Gasteiger partial charge in [0.15, 0.2) is 0 Å². The van der Waals surface area contributed by atoms with Crippen LogP contribution in [-0.2, 0) is 0 Å². The minimum atomic E-state index is -0.596. The van der Waals surface area contributed by atoms with E-state index in [0.29, 0.717) is 41.6 Å². The van der Waals surface area contributed by atoms with Crippen molar-refractivity contribution in [1.82, 2.24) is 4.90 Å². The molecule has 0 bridgehead atoms. The molecule has 1 aliphatic carbocycles. The summed E-state index contributed by atoms with van der Waals surface area (Å²) in [6.07, 6.45) is 0.327. The number of halogens is 2. The number of hydrogen-bond acceptors (Lipinski definition) is 4. The first kappa shape index (κ1) is 17.8. The Labute approximate surface area is 160 Å². The summed E-state index contributed by atoms with van der Waals surface area (Å²) in [5.74, 6) is 0.737. The van der Waals surface area contributed by atoms with Crippen LogP contribution in [0.5, 0.6) is 5.75 Å². The van der Waals surface area contributed by atoms with E-state index in [0.717, 1.165) is 0 Å². The second-order valence-electron chi connectivity index (χ2n) is 6.98. The summed E-state index contributed by atoms with van der Waals surface area (Å²) in [5, 5.41) is 12.8. The lowest BCUT2D eigenvalue weighted by molar-refractivity contribution is -0.0231. The Morgan fingerprint density at radius 2 is 1.88 bits per heavy atom. The van der Waals surface area contributed by atoms with Gasteiger partial charge in [0.1, 0.15) is 22.5 Å². The average molecular weight is 396 g/mol. The number of amides is 1. The van der Waals surface area contributed by atoms with E-state index in [1.54, 1.807) is 18.2 Å². The van der Waals surface area contributed by atoms with E-state index in [1.165, 1.54) is 23.5 Å².